The number of rotatable bonds is 23. The van der Waals surface area contributed by atoms with Crippen molar-refractivity contribution in [2.45, 2.75) is 45.2 Å². The van der Waals surface area contributed by atoms with Crippen LogP contribution in [0.25, 0.3) is 11.1 Å². The Hall–Kier alpha value is -10.8. The highest BCUT2D eigenvalue weighted by atomic mass is 32.2. The number of aromatic hydroxyl groups is 1. The number of phenols is 1. The smallest absolute Gasteiger partial charge is 0.339 e. The normalized spacial score (nSPS) is 11.2. The number of carbonyl (C=O) groups is 5. The third-order valence-corrected chi connectivity index (χ3v) is 18.9. The summed E-state index contributed by atoms with van der Waals surface area (Å²) in [7, 11) is -19.9. The number of para-hydroxylation sites is 1. The molecule has 0 radical (unpaired) electrons. The number of carbonyl (C=O) groups excluding carboxylic acids is 4. The minimum atomic E-state index is -4.16. The fraction of sp³-hybridized carbons (Fsp3) is 0.104. The summed E-state index contributed by atoms with van der Waals surface area (Å²) in [5.41, 5.74) is 6.04. The summed E-state index contributed by atoms with van der Waals surface area (Å²) in [6.45, 7) is 2.80. The van der Waals surface area contributed by atoms with Crippen molar-refractivity contribution in [2.24, 2.45) is 5.14 Å². The van der Waals surface area contributed by atoms with Crippen molar-refractivity contribution in [3.8, 4) is 22.9 Å². The predicted molar refractivity (Wildman–Crippen MR) is 363 cm³/mol. The largest absolute Gasteiger partial charge is 0.507 e. The lowest BCUT2D eigenvalue weighted by Gasteiger charge is -2.09. The predicted octanol–water partition coefficient (Wildman–Crippen LogP) is 8.64. The van der Waals surface area contributed by atoms with Gasteiger partial charge >= 0.3 is 5.97 Å². The molecule has 516 valence electrons. The number of nitrogens with one attached hydrogen (secondary N) is 4. The van der Waals surface area contributed by atoms with Gasteiger partial charge in [-0.05, 0) is 153 Å². The van der Waals surface area contributed by atoms with E-state index in [0.29, 0.717) is 16.9 Å². The van der Waals surface area contributed by atoms with Crippen molar-refractivity contribution in [3.63, 3.8) is 0 Å². The maximum absolute atomic E-state index is 12.3. The molecule has 9 aromatic carbocycles. The van der Waals surface area contributed by atoms with E-state index in [1.54, 1.807) is 97.1 Å². The number of anilines is 4. The number of carboxylic acids is 1. The molecule has 99 heavy (non-hydrogen) atoms. The van der Waals surface area contributed by atoms with E-state index in [0.717, 1.165) is 39.9 Å². The summed E-state index contributed by atoms with van der Waals surface area (Å²) < 4.78 is 138. The molecule has 8 N–H and O–H groups in total. The number of amides is 4. The number of hydrogen-bond donors (Lipinski definition) is 7. The zero-order chi connectivity index (χ0) is 72.6. The van der Waals surface area contributed by atoms with Crippen molar-refractivity contribution < 1.29 is 93.0 Å². The van der Waals surface area contributed by atoms with Gasteiger partial charge in [-0.2, -0.15) is 38.9 Å². The van der Waals surface area contributed by atoms with Gasteiger partial charge in [0.05, 0.1) is 36.1 Å². The molecular weight excluding hydrogens is 1390 g/mol. The second-order valence-electron chi connectivity index (χ2n) is 20.5. The number of nitriles is 1. The molecule has 0 aliphatic rings. The maximum atomic E-state index is 12.3. The van der Waals surface area contributed by atoms with Crippen LogP contribution >= 0.6 is 0 Å². The lowest BCUT2D eigenvalue weighted by atomic mass is 10.1. The number of nitrogens with two attached hydrogens (primary N) is 1. The van der Waals surface area contributed by atoms with E-state index < -0.39 is 112 Å². The molecule has 0 saturated heterocycles. The SMILES string of the molecule is Cc1ccc(S(=O)(=O)OCC(=O)Nc2ccc(C#N)cc2)cc1.Cc1ccc(S(=O)(=O)OCC(=O)Nc2ccc(S(N)(=O)=O)cc2)cc1.Cc1ccc(S(=O)(=O)OCC(=O)Nc2ccccc2)cc1.O=C(COS(=O)(=O)c1ccc(-c2ccccc2)cc1)Nc1ccc(C(=O)O)c(O)c1. The van der Waals surface area contributed by atoms with Gasteiger partial charge < -0.3 is 31.5 Å². The highest BCUT2D eigenvalue weighted by Crippen LogP contribution is 2.25. The van der Waals surface area contributed by atoms with Gasteiger partial charge in [-0.3, -0.25) is 35.9 Å². The van der Waals surface area contributed by atoms with Crippen molar-refractivity contribution in [1.29, 1.82) is 5.26 Å². The molecule has 0 aliphatic heterocycles. The summed E-state index contributed by atoms with van der Waals surface area (Å²) in [6, 6.07) is 59.2. The fourth-order valence-corrected chi connectivity index (χ4v) is 11.8. The fourth-order valence-electron chi connectivity index (χ4n) is 7.81. The van der Waals surface area contributed by atoms with E-state index >= 15 is 0 Å². The Morgan fingerprint density at radius 1 is 0.384 bits per heavy atom. The first-order chi connectivity index (χ1) is 46.7. The van der Waals surface area contributed by atoms with Crippen molar-refractivity contribution in [1.82, 2.24) is 0 Å². The van der Waals surface area contributed by atoms with E-state index in [1.807, 2.05) is 63.2 Å². The van der Waals surface area contributed by atoms with Crippen LogP contribution in [0.3, 0.4) is 0 Å². The number of benzene rings is 9. The average molecular weight is 1450 g/mol. The third-order valence-electron chi connectivity index (χ3n) is 12.9. The Balaban J connectivity index is 0.000000210. The molecule has 0 heterocycles. The first kappa shape index (κ1) is 77.2. The van der Waals surface area contributed by atoms with Gasteiger partial charge in [0.1, 0.15) is 37.7 Å². The molecule has 32 heteroatoms. The molecule has 27 nitrogen and oxygen atoms in total. The van der Waals surface area contributed by atoms with Crippen LogP contribution < -0.4 is 26.4 Å². The number of primary sulfonamides is 1. The number of sulfonamides is 1. The molecule has 0 aliphatic carbocycles. The van der Waals surface area contributed by atoms with Crippen LogP contribution in [0.15, 0.2) is 249 Å². The number of carboxylic acid groups (broad SMARTS) is 1. The minimum Gasteiger partial charge on any atom is -0.507 e. The van der Waals surface area contributed by atoms with Gasteiger partial charge in [-0.25, -0.2) is 18.4 Å². The van der Waals surface area contributed by atoms with E-state index in [2.05, 4.69) is 21.3 Å². The summed E-state index contributed by atoms with van der Waals surface area (Å²) in [6.07, 6.45) is 0. The maximum Gasteiger partial charge on any atom is 0.339 e. The summed E-state index contributed by atoms with van der Waals surface area (Å²) in [5, 5.41) is 41.9. The summed E-state index contributed by atoms with van der Waals surface area (Å²) >= 11 is 0. The first-order valence-electron chi connectivity index (χ1n) is 28.6. The molecule has 9 aromatic rings. The van der Waals surface area contributed by atoms with Crippen LogP contribution in [-0.4, -0.2) is 108 Å². The zero-order valence-corrected chi connectivity index (χ0v) is 56.5. The van der Waals surface area contributed by atoms with Gasteiger partial charge in [0, 0.05) is 28.8 Å². The van der Waals surface area contributed by atoms with Gasteiger partial charge in [0.15, 0.2) is 0 Å². The van der Waals surface area contributed by atoms with E-state index in [-0.39, 0.29) is 41.4 Å². The monoisotopic (exact) mass is 1450 g/mol. The van der Waals surface area contributed by atoms with Crippen LogP contribution in [-0.2, 0) is 86.4 Å². The highest BCUT2D eigenvalue weighted by molar-refractivity contribution is 7.89. The van der Waals surface area contributed by atoms with Crippen molar-refractivity contribution >= 4 is 103 Å². The van der Waals surface area contributed by atoms with E-state index in [1.165, 1.54) is 78.9 Å². The molecule has 9 rings (SSSR count). The van der Waals surface area contributed by atoms with Crippen LogP contribution in [0.2, 0.25) is 0 Å². The third kappa shape index (κ3) is 25.3. The molecule has 0 aromatic heterocycles. The Bertz CT molecular complexity index is 4940. The molecule has 0 spiro atoms. The zero-order valence-electron chi connectivity index (χ0n) is 52.4. The molecule has 0 unspecified atom stereocenters. The average Bonchev–Trinajstić information content (AvgIpc) is 0.748. The Morgan fingerprint density at radius 2 is 0.667 bits per heavy atom. The van der Waals surface area contributed by atoms with Gasteiger partial charge in [0.2, 0.25) is 10.0 Å². The number of aromatic carboxylic acids is 1. The lowest BCUT2D eigenvalue weighted by Crippen LogP contribution is -2.21. The van der Waals surface area contributed by atoms with Crippen LogP contribution in [0.5, 0.6) is 5.75 Å². The Morgan fingerprint density at radius 3 is 0.990 bits per heavy atom. The molecule has 0 atom stereocenters. The first-order valence-corrected chi connectivity index (χ1v) is 35.8. The summed E-state index contributed by atoms with van der Waals surface area (Å²) in [5.74, 6) is -4.49. The standard InChI is InChI=1S/C21H17NO7S.C16H14N2O4S.C15H16N2O6S2.C15H15NO4S/c23-19-12-16(8-11-18(19)21(25)26)22-20(24)13-29-30(27,28)17-9-6-15(7-10-17)14-4-2-1-3-5-14;1-12-2-8-15(9-3-12)23(20,21)22-11-16(19)18-14-6-4-13(10-17)5-7-14;1-11-2-6-14(7-3-11)25(21,22)23-10-15(18)17-12-4-8-13(9-5-12)24(16,19)20;1-12-7-9-14(10-8-12)21(18,19)20-11-15(17)16-13-5-3-2-4-6-13/h1-12,23H,13H2,(H,22,24)(H,25,26);2-9H,11H2,1H3,(H,18,19);2-9H,10H2,1H3,(H,17,18)(H2,16,19,20);2-10H,11H2,1H3,(H,16,17). The van der Waals surface area contributed by atoms with Crippen LogP contribution in [0, 0.1) is 32.1 Å². The Labute approximate surface area is 571 Å². The molecule has 0 fully saturated rings. The second kappa shape index (κ2) is 35.4. The van der Waals surface area contributed by atoms with Crippen LogP contribution in [0.1, 0.15) is 32.6 Å². The molecule has 4 amide bonds. The minimum absolute atomic E-state index is 0.00530. The second-order valence-corrected chi connectivity index (χ2v) is 28.6. The molecule has 0 saturated carbocycles. The van der Waals surface area contributed by atoms with Crippen LogP contribution in [0.4, 0.5) is 22.7 Å². The highest BCUT2D eigenvalue weighted by Gasteiger charge is 2.22. The van der Waals surface area contributed by atoms with Crippen molar-refractivity contribution in [2.75, 3.05) is 47.7 Å². The Kier molecular flexibility index (Phi) is 27.6. The number of aryl methyl sites for hydroxylation is 3. The van der Waals surface area contributed by atoms with Gasteiger partial charge in [-0.1, -0.05) is 114 Å². The lowest BCUT2D eigenvalue weighted by molar-refractivity contribution is -0.118. The topological polar surface area (TPSA) is 431 Å². The van der Waals surface area contributed by atoms with E-state index in [4.69, 9.17) is 32.2 Å². The number of nitrogens with zero attached hydrogens (tertiary/aromatic N) is 1. The quantitative estimate of drug-likeness (QED) is 0.0294. The van der Waals surface area contributed by atoms with E-state index in [9.17, 15) is 71.2 Å². The number of hydrogen-bond acceptors (Lipinski definition) is 21. The van der Waals surface area contributed by atoms with Gasteiger partial charge in [0.25, 0.3) is 64.1 Å². The molecular formula is C67H62N6O21S5. The summed E-state index contributed by atoms with van der Waals surface area (Å²) in [4.78, 5) is 57.8. The van der Waals surface area contributed by atoms with Crippen molar-refractivity contribution in [3.05, 3.63) is 252 Å². The molecule has 0 bridgehead atoms. The van der Waals surface area contributed by atoms with Gasteiger partial charge in [-0.15, -0.1) is 0 Å².